The molecule has 0 unspecified atom stereocenters. The monoisotopic (exact) mass is 323 g/mol. The maximum absolute atomic E-state index is 5.87. The van der Waals surface area contributed by atoms with Gasteiger partial charge in [0.05, 0.1) is 5.69 Å². The molecule has 5 heteroatoms. The van der Waals surface area contributed by atoms with E-state index in [1.807, 2.05) is 24.3 Å². The van der Waals surface area contributed by atoms with E-state index >= 15 is 0 Å². The van der Waals surface area contributed by atoms with E-state index in [1.54, 1.807) is 34.4 Å². The van der Waals surface area contributed by atoms with Crippen LogP contribution >= 0.6 is 46.0 Å². The Morgan fingerprint density at radius 2 is 1.95 bits per heavy atom. The average Bonchev–Trinajstić information content (AvgIpc) is 3.09. The number of rotatable bonds is 4. The van der Waals surface area contributed by atoms with Gasteiger partial charge in [0.1, 0.15) is 5.01 Å². The summed E-state index contributed by atoms with van der Waals surface area (Å²) >= 11 is 11.1. The minimum atomic E-state index is 0.776. The molecule has 0 atom stereocenters. The van der Waals surface area contributed by atoms with Crippen LogP contribution in [0.2, 0.25) is 5.02 Å². The number of benzene rings is 1. The summed E-state index contributed by atoms with van der Waals surface area (Å²) in [7, 11) is 0. The van der Waals surface area contributed by atoms with Crippen LogP contribution in [-0.2, 0) is 5.75 Å². The Hall–Kier alpha value is -0.810. The van der Waals surface area contributed by atoms with Crippen LogP contribution in [-0.4, -0.2) is 4.98 Å². The van der Waals surface area contributed by atoms with Gasteiger partial charge >= 0.3 is 0 Å². The number of thiophene rings is 1. The molecule has 0 aliphatic heterocycles. The van der Waals surface area contributed by atoms with Gasteiger partial charge < -0.3 is 0 Å². The van der Waals surface area contributed by atoms with E-state index in [4.69, 9.17) is 11.6 Å². The summed E-state index contributed by atoms with van der Waals surface area (Å²) in [6.45, 7) is 0. The van der Waals surface area contributed by atoms with Crippen LogP contribution in [0.25, 0.3) is 10.6 Å². The summed E-state index contributed by atoms with van der Waals surface area (Å²) in [5, 5.41) is 8.23. The fourth-order valence-electron chi connectivity index (χ4n) is 1.58. The molecule has 96 valence electrons. The molecule has 0 radical (unpaired) electrons. The van der Waals surface area contributed by atoms with Crippen molar-refractivity contribution >= 4 is 46.0 Å². The molecule has 1 nitrogen and oxygen atoms in total. The number of thiazole rings is 1. The van der Waals surface area contributed by atoms with E-state index < -0.39 is 0 Å². The molecule has 2 aromatic heterocycles. The van der Waals surface area contributed by atoms with Crippen LogP contribution in [0.4, 0.5) is 0 Å². The normalized spacial score (nSPS) is 10.8. The topological polar surface area (TPSA) is 12.9 Å². The van der Waals surface area contributed by atoms with Crippen molar-refractivity contribution in [2.45, 2.75) is 10.6 Å². The zero-order valence-electron chi connectivity index (χ0n) is 9.88. The van der Waals surface area contributed by atoms with Crippen LogP contribution < -0.4 is 0 Å². The van der Waals surface area contributed by atoms with Gasteiger partial charge in [0.15, 0.2) is 0 Å². The number of thioether (sulfide) groups is 1. The smallest absolute Gasteiger partial charge is 0.124 e. The van der Waals surface area contributed by atoms with Crippen LogP contribution in [0.5, 0.6) is 0 Å². The molecular formula is C14H10ClNS3. The number of hydrogen-bond acceptors (Lipinski definition) is 4. The van der Waals surface area contributed by atoms with Gasteiger partial charge in [-0.25, -0.2) is 4.98 Å². The Balaban J connectivity index is 1.66. The van der Waals surface area contributed by atoms with Crippen molar-refractivity contribution in [2.24, 2.45) is 0 Å². The fourth-order valence-corrected chi connectivity index (χ4v) is 4.13. The predicted octanol–water partition coefficient (Wildman–Crippen LogP) is 5.82. The van der Waals surface area contributed by atoms with E-state index in [0.29, 0.717) is 0 Å². The second kappa shape index (κ2) is 6.09. The summed E-state index contributed by atoms with van der Waals surface area (Å²) < 4.78 is 0. The Labute approximate surface area is 129 Å². The Bertz CT molecular complexity index is 644. The molecular weight excluding hydrogens is 314 g/mol. The highest BCUT2D eigenvalue weighted by Crippen LogP contribution is 2.29. The average molecular weight is 324 g/mol. The molecule has 0 N–H and O–H groups in total. The van der Waals surface area contributed by atoms with E-state index in [0.717, 1.165) is 21.5 Å². The van der Waals surface area contributed by atoms with Crippen molar-refractivity contribution in [3.63, 3.8) is 0 Å². The van der Waals surface area contributed by atoms with Crippen molar-refractivity contribution in [3.05, 3.63) is 57.2 Å². The fraction of sp³-hybridized carbons (Fsp3) is 0.0714. The summed E-state index contributed by atoms with van der Waals surface area (Å²) in [5.41, 5.74) is 2.35. The van der Waals surface area contributed by atoms with Crippen molar-refractivity contribution in [3.8, 4) is 10.6 Å². The van der Waals surface area contributed by atoms with Crippen molar-refractivity contribution in [1.29, 1.82) is 0 Å². The van der Waals surface area contributed by atoms with Crippen molar-refractivity contribution < 1.29 is 0 Å². The second-order valence-electron chi connectivity index (χ2n) is 3.90. The van der Waals surface area contributed by atoms with Gasteiger partial charge in [-0.05, 0) is 35.7 Å². The Morgan fingerprint density at radius 3 is 2.68 bits per heavy atom. The van der Waals surface area contributed by atoms with E-state index in [-0.39, 0.29) is 0 Å². The first kappa shape index (κ1) is 13.2. The summed E-state index contributed by atoms with van der Waals surface area (Å²) in [6, 6.07) is 10.0. The molecule has 0 saturated heterocycles. The lowest BCUT2D eigenvalue weighted by Crippen LogP contribution is -1.81. The lowest BCUT2D eigenvalue weighted by atomic mass is 10.4. The molecule has 0 fully saturated rings. The van der Waals surface area contributed by atoms with Crippen molar-refractivity contribution in [2.75, 3.05) is 0 Å². The maximum atomic E-state index is 5.87. The Morgan fingerprint density at radius 1 is 1.11 bits per heavy atom. The van der Waals surface area contributed by atoms with Crippen LogP contribution in [0.15, 0.2) is 51.4 Å². The van der Waals surface area contributed by atoms with Gasteiger partial charge in [0.2, 0.25) is 0 Å². The third-order valence-electron chi connectivity index (χ3n) is 2.52. The van der Waals surface area contributed by atoms with Crippen LogP contribution in [0.3, 0.4) is 0 Å². The van der Waals surface area contributed by atoms with Gasteiger partial charge in [-0.3, -0.25) is 0 Å². The molecule has 0 saturated carbocycles. The maximum Gasteiger partial charge on any atom is 0.124 e. The molecule has 1 aromatic carbocycles. The Kier molecular flexibility index (Phi) is 4.23. The van der Waals surface area contributed by atoms with Gasteiger partial charge in [-0.1, -0.05) is 11.6 Å². The number of nitrogens with zero attached hydrogens (tertiary/aromatic N) is 1. The summed E-state index contributed by atoms with van der Waals surface area (Å²) in [5.74, 6) is 0.891. The third-order valence-corrected chi connectivity index (χ3v) is 5.44. The minimum absolute atomic E-state index is 0.776. The third kappa shape index (κ3) is 3.39. The zero-order chi connectivity index (χ0) is 13.1. The van der Waals surface area contributed by atoms with Gasteiger partial charge in [0, 0.05) is 32.0 Å². The highest BCUT2D eigenvalue weighted by atomic mass is 35.5. The largest absolute Gasteiger partial charge is 0.240 e. The molecule has 19 heavy (non-hydrogen) atoms. The molecule has 0 amide bonds. The first-order chi connectivity index (χ1) is 9.31. The second-order valence-corrected chi connectivity index (χ2v) is 7.02. The van der Waals surface area contributed by atoms with Gasteiger partial charge in [-0.15, -0.1) is 23.1 Å². The molecule has 0 aliphatic rings. The standard InChI is InChI=1S/C14H10ClNS3/c15-11-1-3-13(4-2-11)18-8-12-9-19-14(16-12)10-5-6-17-7-10/h1-7,9H,8H2. The lowest BCUT2D eigenvalue weighted by Gasteiger charge is -1.99. The number of aromatic nitrogens is 1. The molecule has 2 heterocycles. The molecule has 0 bridgehead atoms. The predicted molar refractivity (Wildman–Crippen MR) is 86.4 cm³/mol. The quantitative estimate of drug-likeness (QED) is 0.561. The number of halogens is 1. The van der Waals surface area contributed by atoms with E-state index in [2.05, 4.69) is 27.2 Å². The van der Waals surface area contributed by atoms with E-state index in [9.17, 15) is 0 Å². The first-order valence-corrected chi connectivity index (χ1v) is 8.85. The highest BCUT2D eigenvalue weighted by molar-refractivity contribution is 7.98. The zero-order valence-corrected chi connectivity index (χ0v) is 13.1. The molecule has 3 rings (SSSR count). The minimum Gasteiger partial charge on any atom is -0.240 e. The van der Waals surface area contributed by atoms with Gasteiger partial charge in [0.25, 0.3) is 0 Å². The highest BCUT2D eigenvalue weighted by Gasteiger charge is 2.05. The molecule has 3 aromatic rings. The number of hydrogen-bond donors (Lipinski definition) is 0. The summed E-state index contributed by atoms with van der Waals surface area (Å²) in [4.78, 5) is 5.88. The lowest BCUT2D eigenvalue weighted by molar-refractivity contribution is 1.23. The molecule has 0 aliphatic carbocycles. The van der Waals surface area contributed by atoms with Crippen LogP contribution in [0.1, 0.15) is 5.69 Å². The molecule has 0 spiro atoms. The van der Waals surface area contributed by atoms with Crippen molar-refractivity contribution in [1.82, 2.24) is 4.98 Å². The summed E-state index contributed by atoms with van der Waals surface area (Å²) in [6.07, 6.45) is 0. The first-order valence-electron chi connectivity index (χ1n) is 5.66. The van der Waals surface area contributed by atoms with E-state index in [1.165, 1.54) is 10.5 Å². The van der Waals surface area contributed by atoms with Gasteiger partial charge in [-0.2, -0.15) is 11.3 Å². The van der Waals surface area contributed by atoms with Crippen LogP contribution in [0, 0.1) is 0 Å². The SMILES string of the molecule is Clc1ccc(SCc2csc(-c3ccsc3)n2)cc1.